The van der Waals surface area contributed by atoms with Crippen LogP contribution in [0.3, 0.4) is 0 Å². The fourth-order valence-corrected chi connectivity index (χ4v) is 5.89. The molecule has 0 saturated carbocycles. The number of thiocarbonyl (C=S) groups is 1. The molecule has 1 aromatic rings. The molecule has 10 heteroatoms. The second-order valence-electron chi connectivity index (χ2n) is 9.18. The molecule has 35 heavy (non-hydrogen) atoms. The number of carbonyl (C=O) groups is 2. The quantitative estimate of drug-likeness (QED) is 0.386. The Hall–Kier alpha value is -2.64. The van der Waals surface area contributed by atoms with E-state index in [4.69, 9.17) is 17.3 Å². The summed E-state index contributed by atoms with van der Waals surface area (Å²) in [5.74, 6) is 0.0466. The fourth-order valence-electron chi connectivity index (χ4n) is 4.60. The molecule has 3 heterocycles. The Bertz CT molecular complexity index is 1150. The molecule has 1 amide bonds. The second kappa shape index (κ2) is 11.9. The Morgan fingerprint density at radius 3 is 2.69 bits per heavy atom. The number of aliphatic carboxylic acids is 1. The van der Waals surface area contributed by atoms with Crippen molar-refractivity contribution in [3.63, 3.8) is 0 Å². The minimum Gasteiger partial charge on any atom is -0.481 e. The maximum atomic E-state index is 13.3. The molecule has 0 spiro atoms. The zero-order valence-corrected chi connectivity index (χ0v) is 22.1. The third kappa shape index (κ3) is 5.96. The first kappa shape index (κ1) is 27.0. The number of hydrogen-bond acceptors (Lipinski definition) is 7. The van der Waals surface area contributed by atoms with E-state index >= 15 is 0 Å². The SMILES string of the molecule is CCCCn1c(N2CCCC(C)C2)c(C=C2SC(=S)N(CCCC(=O)O)C2=O)c(C)c(C#N)c1=O. The second-order valence-corrected chi connectivity index (χ2v) is 10.9. The lowest BCUT2D eigenvalue weighted by Crippen LogP contribution is -2.40. The molecule has 8 nitrogen and oxygen atoms in total. The van der Waals surface area contributed by atoms with Gasteiger partial charge in [-0.25, -0.2) is 0 Å². The standard InChI is InChI=1S/C25H32N4O4S2/c1-4-5-11-28-22(27-10-6-8-16(2)15-27)18(17(3)19(14-26)23(28)32)13-20-24(33)29(25(34)35-20)12-7-9-21(30)31/h13,16H,4-12,15H2,1-3H3,(H,30,31). The largest absolute Gasteiger partial charge is 0.481 e. The summed E-state index contributed by atoms with van der Waals surface area (Å²) in [5.41, 5.74) is 1.08. The van der Waals surface area contributed by atoms with Crippen LogP contribution in [0.15, 0.2) is 9.70 Å². The molecule has 1 atom stereocenters. The van der Waals surface area contributed by atoms with E-state index in [1.165, 1.54) is 16.7 Å². The van der Waals surface area contributed by atoms with Gasteiger partial charge < -0.3 is 10.0 Å². The van der Waals surface area contributed by atoms with Crippen molar-refractivity contribution in [2.24, 2.45) is 5.92 Å². The lowest BCUT2D eigenvalue weighted by atomic mass is 9.98. The molecule has 0 radical (unpaired) electrons. The first-order valence-electron chi connectivity index (χ1n) is 12.1. The van der Waals surface area contributed by atoms with Gasteiger partial charge >= 0.3 is 5.97 Å². The average molecular weight is 517 g/mol. The number of unbranched alkanes of at least 4 members (excludes halogenated alkanes) is 1. The Morgan fingerprint density at radius 2 is 2.06 bits per heavy atom. The van der Waals surface area contributed by atoms with E-state index in [1.807, 2.05) is 0 Å². The molecule has 2 aliphatic rings. The van der Waals surface area contributed by atoms with Gasteiger partial charge in [0.25, 0.3) is 11.5 Å². The molecule has 1 unspecified atom stereocenters. The highest BCUT2D eigenvalue weighted by Gasteiger charge is 2.33. The van der Waals surface area contributed by atoms with Crippen molar-refractivity contribution in [2.75, 3.05) is 24.5 Å². The number of carboxylic acid groups (broad SMARTS) is 1. The number of nitriles is 1. The molecular weight excluding hydrogens is 484 g/mol. The number of pyridine rings is 1. The molecule has 3 rings (SSSR count). The van der Waals surface area contributed by atoms with Crippen molar-refractivity contribution in [1.29, 1.82) is 5.26 Å². The fraction of sp³-hybridized carbons (Fsp3) is 0.560. The summed E-state index contributed by atoms with van der Waals surface area (Å²) in [6.45, 7) is 8.36. The Morgan fingerprint density at radius 1 is 1.31 bits per heavy atom. The maximum absolute atomic E-state index is 13.3. The van der Waals surface area contributed by atoms with Gasteiger partial charge in [-0.2, -0.15) is 5.26 Å². The van der Waals surface area contributed by atoms with Gasteiger partial charge in [-0.3, -0.25) is 23.9 Å². The number of piperidine rings is 1. The topological polar surface area (TPSA) is 107 Å². The van der Waals surface area contributed by atoms with Crippen LogP contribution in [0.25, 0.3) is 6.08 Å². The van der Waals surface area contributed by atoms with E-state index in [1.54, 1.807) is 17.6 Å². The Kier molecular flexibility index (Phi) is 9.14. The van der Waals surface area contributed by atoms with Gasteiger partial charge in [-0.1, -0.05) is 44.2 Å². The molecule has 0 aliphatic carbocycles. The van der Waals surface area contributed by atoms with Crippen molar-refractivity contribution in [2.45, 2.75) is 65.8 Å². The average Bonchev–Trinajstić information content (AvgIpc) is 3.07. The van der Waals surface area contributed by atoms with Gasteiger partial charge in [-0.05, 0) is 50.2 Å². The predicted molar refractivity (Wildman–Crippen MR) is 142 cm³/mol. The summed E-state index contributed by atoms with van der Waals surface area (Å²) < 4.78 is 2.10. The van der Waals surface area contributed by atoms with E-state index in [9.17, 15) is 19.6 Å². The van der Waals surface area contributed by atoms with E-state index in [2.05, 4.69) is 24.8 Å². The Balaban J connectivity index is 2.13. The van der Waals surface area contributed by atoms with Crippen molar-refractivity contribution >= 4 is 52.1 Å². The summed E-state index contributed by atoms with van der Waals surface area (Å²) in [6, 6.07) is 2.09. The summed E-state index contributed by atoms with van der Waals surface area (Å²) >= 11 is 6.58. The number of aromatic nitrogens is 1. The monoisotopic (exact) mass is 516 g/mol. The van der Waals surface area contributed by atoms with Gasteiger partial charge in [0.1, 0.15) is 21.8 Å². The van der Waals surface area contributed by atoms with Gasteiger partial charge in [0.05, 0.1) is 4.91 Å². The lowest BCUT2D eigenvalue weighted by molar-refractivity contribution is -0.137. The third-order valence-electron chi connectivity index (χ3n) is 6.46. The first-order valence-corrected chi connectivity index (χ1v) is 13.3. The normalized spacial score (nSPS) is 19.5. The number of carbonyl (C=O) groups excluding carboxylic acids is 1. The van der Waals surface area contributed by atoms with E-state index in [0.29, 0.717) is 39.2 Å². The molecule has 0 aromatic carbocycles. The van der Waals surface area contributed by atoms with E-state index in [-0.39, 0.29) is 30.0 Å². The van der Waals surface area contributed by atoms with Gasteiger partial charge in [-0.15, -0.1) is 0 Å². The minimum atomic E-state index is -0.916. The first-order chi connectivity index (χ1) is 16.7. The molecule has 1 aromatic heterocycles. The van der Waals surface area contributed by atoms with E-state index in [0.717, 1.165) is 44.6 Å². The van der Waals surface area contributed by atoms with Crippen molar-refractivity contribution < 1.29 is 14.7 Å². The van der Waals surface area contributed by atoms with Crippen LogP contribution < -0.4 is 10.5 Å². The smallest absolute Gasteiger partial charge is 0.303 e. The van der Waals surface area contributed by atoms with Crippen LogP contribution in [-0.4, -0.2) is 50.4 Å². The van der Waals surface area contributed by atoms with E-state index < -0.39 is 5.97 Å². The zero-order chi connectivity index (χ0) is 25.7. The van der Waals surface area contributed by atoms with Crippen molar-refractivity contribution in [3.05, 3.63) is 31.9 Å². The summed E-state index contributed by atoms with van der Waals surface area (Å²) in [7, 11) is 0. The molecule has 188 valence electrons. The minimum absolute atomic E-state index is 0.0412. The highest BCUT2D eigenvalue weighted by atomic mass is 32.2. The van der Waals surface area contributed by atoms with Crippen LogP contribution in [0, 0.1) is 24.2 Å². The van der Waals surface area contributed by atoms with Crippen LogP contribution in [0.2, 0.25) is 0 Å². The number of hydrogen-bond donors (Lipinski definition) is 1. The molecule has 2 aliphatic heterocycles. The molecule has 2 fully saturated rings. The zero-order valence-electron chi connectivity index (χ0n) is 20.5. The Labute approximate surface area is 215 Å². The maximum Gasteiger partial charge on any atom is 0.303 e. The molecular formula is C25H32N4O4S2. The molecule has 1 N–H and O–H groups in total. The van der Waals surface area contributed by atoms with Crippen LogP contribution in [0.5, 0.6) is 0 Å². The van der Waals surface area contributed by atoms with Crippen LogP contribution in [0.1, 0.15) is 69.1 Å². The highest BCUT2D eigenvalue weighted by molar-refractivity contribution is 8.26. The van der Waals surface area contributed by atoms with Gasteiger partial charge in [0.2, 0.25) is 0 Å². The summed E-state index contributed by atoms with van der Waals surface area (Å²) in [6.07, 6.45) is 5.87. The van der Waals surface area contributed by atoms with Crippen molar-refractivity contribution in [1.82, 2.24) is 9.47 Å². The van der Waals surface area contributed by atoms with Crippen molar-refractivity contribution in [3.8, 4) is 6.07 Å². The number of rotatable bonds is 9. The predicted octanol–water partition coefficient (Wildman–Crippen LogP) is 4.13. The van der Waals surface area contributed by atoms with Gasteiger partial charge in [0.15, 0.2) is 0 Å². The van der Waals surface area contributed by atoms with Gasteiger partial charge in [0, 0.05) is 38.2 Å². The number of carboxylic acids is 1. The van der Waals surface area contributed by atoms with Crippen LogP contribution in [-0.2, 0) is 16.1 Å². The third-order valence-corrected chi connectivity index (χ3v) is 7.84. The number of thioether (sulfide) groups is 1. The summed E-state index contributed by atoms with van der Waals surface area (Å²) in [4.78, 5) is 41.5. The van der Waals surface area contributed by atoms with Crippen LogP contribution in [0.4, 0.5) is 5.82 Å². The number of anilines is 1. The number of amides is 1. The lowest BCUT2D eigenvalue weighted by Gasteiger charge is -2.36. The molecule has 0 bridgehead atoms. The summed E-state index contributed by atoms with van der Waals surface area (Å²) in [5, 5.41) is 18.7. The highest BCUT2D eigenvalue weighted by Crippen LogP contribution is 2.37. The van der Waals surface area contributed by atoms with Crippen LogP contribution >= 0.6 is 24.0 Å². The molecule has 2 saturated heterocycles. The number of nitrogens with zero attached hydrogens (tertiary/aromatic N) is 4.